The van der Waals surface area contributed by atoms with Gasteiger partial charge in [0.05, 0.1) is 5.71 Å². The maximum absolute atomic E-state index is 14.0. The molecule has 0 aliphatic heterocycles. The van der Waals surface area contributed by atoms with E-state index in [1.807, 2.05) is 27.0 Å². The fourth-order valence-electron chi connectivity index (χ4n) is 5.16. The van der Waals surface area contributed by atoms with E-state index in [4.69, 9.17) is 5.10 Å². The summed E-state index contributed by atoms with van der Waals surface area (Å²) in [5.74, 6) is 1.82. The fourth-order valence-corrected chi connectivity index (χ4v) is 5.16. The number of hydrazone groups is 1. The van der Waals surface area contributed by atoms with Crippen molar-refractivity contribution < 1.29 is 4.79 Å². The van der Waals surface area contributed by atoms with Crippen LogP contribution in [-0.2, 0) is 4.79 Å². The normalized spacial score (nSPS) is 21.8. The van der Waals surface area contributed by atoms with Crippen LogP contribution >= 0.6 is 0 Å². The zero-order valence-corrected chi connectivity index (χ0v) is 26.8. The van der Waals surface area contributed by atoms with Gasteiger partial charge in [-0.25, -0.2) is 5.43 Å². The summed E-state index contributed by atoms with van der Waals surface area (Å²) in [5, 5.41) is 6.48. The second kappa shape index (κ2) is 18.2. The number of hydrogen-bond donors (Lipinski definition) is 1. The lowest BCUT2D eigenvalue weighted by atomic mass is 9.63. The van der Waals surface area contributed by atoms with Crippen molar-refractivity contribution in [2.75, 3.05) is 7.05 Å². The quantitative estimate of drug-likeness (QED) is 0.0660. The van der Waals surface area contributed by atoms with E-state index in [0.717, 1.165) is 37.8 Å². The van der Waals surface area contributed by atoms with Crippen molar-refractivity contribution in [1.82, 2.24) is 10.5 Å². The van der Waals surface area contributed by atoms with Crippen molar-refractivity contribution in [3.05, 3.63) is 60.4 Å². The van der Waals surface area contributed by atoms with Crippen LogP contribution in [0.5, 0.6) is 0 Å². The molecule has 0 amide bonds. The average molecular weight is 538 g/mol. The molecule has 39 heavy (non-hydrogen) atoms. The average Bonchev–Trinajstić information content (AvgIpc) is 2.91. The van der Waals surface area contributed by atoms with E-state index in [-0.39, 0.29) is 23.0 Å². The van der Waals surface area contributed by atoms with Crippen LogP contribution in [0.3, 0.4) is 0 Å². The summed E-state index contributed by atoms with van der Waals surface area (Å²) in [4.78, 5) is 14.0. The molecule has 220 valence electrons. The molecular formula is C35H59N3O. The zero-order chi connectivity index (χ0) is 29.4. The minimum absolute atomic E-state index is 0.0138. The van der Waals surface area contributed by atoms with Gasteiger partial charge < -0.3 is 0 Å². The van der Waals surface area contributed by atoms with E-state index in [1.54, 1.807) is 5.12 Å². The molecule has 0 aromatic carbocycles. The minimum Gasteiger partial charge on any atom is -0.292 e. The van der Waals surface area contributed by atoms with Gasteiger partial charge in [-0.05, 0) is 81.1 Å². The third-order valence-electron chi connectivity index (χ3n) is 8.67. The lowest BCUT2D eigenvalue weighted by Gasteiger charge is -2.42. The number of nitrogens with one attached hydrogen (secondary N) is 1. The van der Waals surface area contributed by atoms with Gasteiger partial charge in [0.1, 0.15) is 5.70 Å². The van der Waals surface area contributed by atoms with Gasteiger partial charge in [-0.2, -0.15) is 10.2 Å². The van der Waals surface area contributed by atoms with Crippen LogP contribution in [0.2, 0.25) is 0 Å². The molecule has 1 N–H and O–H groups in total. The molecular weight excluding hydrogens is 478 g/mol. The Kier molecular flexibility index (Phi) is 16.3. The van der Waals surface area contributed by atoms with Gasteiger partial charge in [-0.1, -0.05) is 110 Å². The van der Waals surface area contributed by atoms with Gasteiger partial charge in [0, 0.05) is 13.0 Å². The molecule has 4 heteroatoms. The van der Waals surface area contributed by atoms with Gasteiger partial charge in [0.15, 0.2) is 5.78 Å². The van der Waals surface area contributed by atoms with Crippen LogP contribution in [0.1, 0.15) is 107 Å². The first-order valence-corrected chi connectivity index (χ1v) is 15.4. The smallest absolute Gasteiger partial charge is 0.185 e. The Morgan fingerprint density at radius 2 is 1.87 bits per heavy atom. The minimum atomic E-state index is -0.0144. The van der Waals surface area contributed by atoms with E-state index in [1.165, 1.54) is 12.8 Å². The monoisotopic (exact) mass is 537 g/mol. The molecule has 1 aliphatic carbocycles. The zero-order valence-electron chi connectivity index (χ0n) is 26.8. The van der Waals surface area contributed by atoms with Crippen molar-refractivity contribution >= 4 is 11.5 Å². The maximum Gasteiger partial charge on any atom is 0.185 e. The summed E-state index contributed by atoms with van der Waals surface area (Å²) in [6.07, 6.45) is 27.0. The number of carbonyl (C=O) groups excluding carboxylic acids is 1. The first kappa shape index (κ1) is 34.8. The van der Waals surface area contributed by atoms with Crippen LogP contribution in [0, 0.1) is 35.0 Å². The van der Waals surface area contributed by atoms with E-state index in [0.29, 0.717) is 23.5 Å². The Morgan fingerprint density at radius 1 is 1.15 bits per heavy atom. The highest BCUT2D eigenvalue weighted by Crippen LogP contribution is 2.45. The summed E-state index contributed by atoms with van der Waals surface area (Å²) in [6.45, 7) is 20.0. The lowest BCUT2D eigenvalue weighted by molar-refractivity contribution is -0.123. The Morgan fingerprint density at radius 3 is 2.49 bits per heavy atom. The Bertz CT molecular complexity index is 905. The number of ketones is 1. The number of Topliss-reactive ketones (excluding diaryl/α,β-unsaturated/α-hetero) is 1. The maximum atomic E-state index is 14.0. The molecule has 0 fully saturated rings. The van der Waals surface area contributed by atoms with Crippen LogP contribution in [0.4, 0.5) is 0 Å². The predicted octanol–water partition coefficient (Wildman–Crippen LogP) is 9.45. The molecule has 0 saturated heterocycles. The second-order valence-electron chi connectivity index (χ2n) is 12.1. The molecule has 0 saturated carbocycles. The van der Waals surface area contributed by atoms with E-state index >= 15 is 0 Å². The van der Waals surface area contributed by atoms with Crippen molar-refractivity contribution in [3.63, 3.8) is 0 Å². The summed E-state index contributed by atoms with van der Waals surface area (Å²) in [6, 6.07) is 0. The molecule has 4 nitrogen and oxygen atoms in total. The Hall–Kier alpha value is -2.20. The van der Waals surface area contributed by atoms with E-state index in [2.05, 4.69) is 103 Å². The number of unbranched alkanes of at least 4 members (excludes halogenated alkanes) is 2. The van der Waals surface area contributed by atoms with Crippen LogP contribution in [0.25, 0.3) is 0 Å². The van der Waals surface area contributed by atoms with Gasteiger partial charge in [0.25, 0.3) is 0 Å². The highest BCUT2D eigenvalue weighted by Gasteiger charge is 2.41. The van der Waals surface area contributed by atoms with Gasteiger partial charge in [-0.15, -0.1) is 0 Å². The Balaban J connectivity index is 3.32. The third-order valence-corrected chi connectivity index (χ3v) is 8.67. The molecule has 0 aromatic rings. The highest BCUT2D eigenvalue weighted by molar-refractivity contribution is 5.98. The predicted molar refractivity (Wildman–Crippen MR) is 171 cm³/mol. The van der Waals surface area contributed by atoms with Crippen molar-refractivity contribution in [1.29, 1.82) is 0 Å². The topological polar surface area (TPSA) is 44.7 Å². The fraction of sp³-hybridized carbons (Fsp3) is 0.657. The molecule has 1 aliphatic rings. The molecule has 1 rings (SSSR count). The number of allylic oxidation sites excluding steroid dienone is 10. The largest absolute Gasteiger partial charge is 0.292 e. The lowest BCUT2D eigenvalue weighted by Crippen LogP contribution is -2.42. The molecule has 0 heterocycles. The molecule has 5 atom stereocenters. The summed E-state index contributed by atoms with van der Waals surface area (Å²) in [7, 11) is 1.84. The number of rotatable bonds is 17. The molecule has 5 unspecified atom stereocenters. The Labute approximate surface area is 241 Å². The number of nitrogens with zero attached hydrogens (tertiary/aromatic N) is 2. The third kappa shape index (κ3) is 11.4. The summed E-state index contributed by atoms with van der Waals surface area (Å²) >= 11 is 0. The highest BCUT2D eigenvalue weighted by atomic mass is 16.1. The standard InChI is InChI=1S/C35H59N3O/c1-11-14-17-18-20-21-27(4)28(5)24-31-25-32(35(8,9)29(6)22-19-15-12-2)26-33(34(31)39)38(36-10)37-30(7)23-16-13-3/h12,15-16,18-20,22-23,26-29,31-32,36H,11,13-14,17,21,24-25H2,1-10H3. The van der Waals surface area contributed by atoms with E-state index in [9.17, 15) is 4.79 Å². The molecule has 0 aromatic heterocycles. The van der Waals surface area contributed by atoms with E-state index < -0.39 is 0 Å². The van der Waals surface area contributed by atoms with Gasteiger partial charge in [-0.3, -0.25) is 4.79 Å². The molecule has 0 bridgehead atoms. The van der Waals surface area contributed by atoms with Crippen molar-refractivity contribution in [2.24, 2.45) is 40.1 Å². The van der Waals surface area contributed by atoms with Crippen molar-refractivity contribution in [3.8, 4) is 0 Å². The number of hydrazine groups is 1. The van der Waals surface area contributed by atoms with Gasteiger partial charge in [0.2, 0.25) is 0 Å². The SMILES string of the molecule is CC=CC=CC(C)C(C)(C)C1C=C(N(N=C(C)C=CCC)NC)C(=O)C(CC(C)C(C)CC=CCCCC)C1. The first-order valence-electron chi connectivity index (χ1n) is 15.4. The van der Waals surface area contributed by atoms with Gasteiger partial charge >= 0.3 is 0 Å². The van der Waals surface area contributed by atoms with Crippen LogP contribution < -0.4 is 5.43 Å². The number of carbonyl (C=O) groups is 1. The first-order chi connectivity index (χ1) is 18.5. The number of hydrogen-bond acceptors (Lipinski definition) is 4. The molecule has 0 radical (unpaired) electrons. The van der Waals surface area contributed by atoms with Crippen molar-refractivity contribution in [2.45, 2.75) is 107 Å². The van der Waals surface area contributed by atoms with Crippen LogP contribution in [-0.4, -0.2) is 23.7 Å². The molecule has 0 spiro atoms. The summed E-state index contributed by atoms with van der Waals surface area (Å²) in [5.41, 5.74) is 4.72. The second-order valence-corrected chi connectivity index (χ2v) is 12.1. The summed E-state index contributed by atoms with van der Waals surface area (Å²) < 4.78 is 0. The van der Waals surface area contributed by atoms with Crippen LogP contribution in [0.15, 0.2) is 65.5 Å².